The van der Waals surface area contributed by atoms with Gasteiger partial charge in [0, 0.05) is 46.1 Å². The highest BCUT2D eigenvalue weighted by Gasteiger charge is 2.35. The number of hydrogen-bond acceptors (Lipinski definition) is 11. The first kappa shape index (κ1) is 55.1. The fraction of sp³-hybridized carbons (Fsp3) is 0.423. The molecule has 4 rings (SSSR count). The number of rotatable bonds is 19. The summed E-state index contributed by atoms with van der Waals surface area (Å²) in [4.78, 5) is 72.4. The number of benzene rings is 4. The molecule has 0 radical (unpaired) electrons. The monoisotopic (exact) mass is 895 g/mol. The quantitative estimate of drug-likeness (QED) is 0.0495. The summed E-state index contributed by atoms with van der Waals surface area (Å²) in [5.74, 6) is 0.319. The third-order valence-corrected chi connectivity index (χ3v) is 10.5. The van der Waals surface area contributed by atoms with E-state index in [4.69, 9.17) is 25.4 Å². The molecular weight excluding hydrogens is 825 g/mol. The maximum Gasteiger partial charge on any atom is 0.255 e. The van der Waals surface area contributed by atoms with Gasteiger partial charge in [-0.25, -0.2) is 0 Å². The number of nitrogens with zero attached hydrogens (tertiary/aromatic N) is 3. The minimum atomic E-state index is -1.13. The summed E-state index contributed by atoms with van der Waals surface area (Å²) in [6, 6.07) is 21.9. The van der Waals surface area contributed by atoms with E-state index in [1.165, 1.54) is 4.90 Å². The van der Waals surface area contributed by atoms with Crippen LogP contribution >= 0.6 is 0 Å². The lowest BCUT2D eigenvalue weighted by atomic mass is 9.96. The summed E-state index contributed by atoms with van der Waals surface area (Å²) >= 11 is 0. The molecule has 13 nitrogen and oxygen atoms in total. The molecule has 4 aromatic carbocycles. The van der Waals surface area contributed by atoms with Gasteiger partial charge in [0.2, 0.25) is 0 Å². The average Bonchev–Trinajstić information content (AvgIpc) is 3.28. The number of carbonyl (C=O) groups excluding carboxylic acids is 5. The van der Waals surface area contributed by atoms with Crippen molar-refractivity contribution in [2.45, 2.75) is 93.2 Å². The van der Waals surface area contributed by atoms with E-state index in [1.807, 2.05) is 91.8 Å². The minimum Gasteiger partial charge on any atom is -0.496 e. The molecule has 0 saturated heterocycles. The summed E-state index contributed by atoms with van der Waals surface area (Å²) in [7, 11) is 3.15. The number of aliphatic hydroxyl groups is 2. The Kier molecular flexibility index (Phi) is 22.1. The molecule has 0 spiro atoms. The van der Waals surface area contributed by atoms with Crippen molar-refractivity contribution in [3.8, 4) is 11.5 Å². The van der Waals surface area contributed by atoms with Gasteiger partial charge in [-0.15, -0.1) is 0 Å². The third-order valence-electron chi connectivity index (χ3n) is 10.5. The molecule has 0 aromatic heterocycles. The molecule has 0 atom stereocenters. The Morgan fingerprint density at radius 2 is 1.02 bits per heavy atom. The van der Waals surface area contributed by atoms with Crippen LogP contribution in [0.15, 0.2) is 77.8 Å². The van der Waals surface area contributed by atoms with Crippen LogP contribution in [0.1, 0.15) is 116 Å². The Labute approximate surface area is 385 Å². The number of Topliss-reactive ketones (excluding diaryl/α,β-unsaturated/α-hetero) is 2. The number of hydrogen-bond donors (Lipinski definition) is 3. The summed E-state index contributed by atoms with van der Waals surface area (Å²) in [6.45, 7) is 18.9. The molecule has 13 heteroatoms. The normalized spacial score (nSPS) is 11.1. The Balaban J connectivity index is 0.000000414. The van der Waals surface area contributed by atoms with Gasteiger partial charge in [-0.05, 0) is 105 Å². The summed E-state index contributed by atoms with van der Waals surface area (Å²) < 4.78 is 10.8. The number of aliphatic hydroxyl groups excluding tert-OH is 2. The molecule has 2 amide bonds. The molecule has 0 unspecified atom stereocenters. The molecule has 65 heavy (non-hydrogen) atoms. The Morgan fingerprint density at radius 1 is 0.646 bits per heavy atom. The van der Waals surface area contributed by atoms with Crippen molar-refractivity contribution >= 4 is 35.9 Å². The van der Waals surface area contributed by atoms with Crippen molar-refractivity contribution in [2.24, 2.45) is 10.7 Å². The maximum atomic E-state index is 13.6. The smallest absolute Gasteiger partial charge is 0.255 e. The van der Waals surface area contributed by atoms with E-state index in [-0.39, 0.29) is 56.2 Å². The van der Waals surface area contributed by atoms with Crippen LogP contribution in [-0.4, -0.2) is 121 Å². The number of aryl methyl sites for hydroxylation is 4. The van der Waals surface area contributed by atoms with E-state index >= 15 is 0 Å². The van der Waals surface area contributed by atoms with Gasteiger partial charge < -0.3 is 40.0 Å². The van der Waals surface area contributed by atoms with Crippen molar-refractivity contribution in [3.63, 3.8) is 0 Å². The SMILES string of the molecule is CCc1c(OC)cccc1C(=O)CN(C(=O)c1cc(C)cc(C)c1)C(C)(C)C=NCCO.CCc1c(OC)cccc1C(=O)CN(C(=O)c1cc(C)cc(C)c1)C(C)(C)C=O.NCCO. The second-order valence-electron chi connectivity index (χ2n) is 16.8. The summed E-state index contributed by atoms with van der Waals surface area (Å²) in [6.07, 6.45) is 3.58. The second kappa shape index (κ2) is 26.1. The first-order valence-electron chi connectivity index (χ1n) is 21.8. The number of carbonyl (C=O) groups is 5. The lowest BCUT2D eigenvalue weighted by molar-refractivity contribution is -0.115. The highest BCUT2D eigenvalue weighted by Crippen LogP contribution is 2.27. The lowest BCUT2D eigenvalue weighted by Crippen LogP contribution is -2.51. The highest BCUT2D eigenvalue weighted by molar-refractivity contribution is 6.05. The Morgan fingerprint density at radius 3 is 1.32 bits per heavy atom. The maximum absolute atomic E-state index is 13.6. The summed E-state index contributed by atoms with van der Waals surface area (Å²) in [5.41, 5.74) is 10.3. The first-order valence-corrected chi connectivity index (χ1v) is 21.8. The zero-order valence-electron chi connectivity index (χ0n) is 40.4. The number of ether oxygens (including phenoxy) is 2. The molecule has 0 aliphatic rings. The van der Waals surface area contributed by atoms with Gasteiger partial charge in [0.1, 0.15) is 17.8 Å². The van der Waals surface area contributed by atoms with Gasteiger partial charge in [0.05, 0.1) is 58.1 Å². The van der Waals surface area contributed by atoms with Crippen molar-refractivity contribution in [3.05, 3.63) is 128 Å². The zero-order chi connectivity index (χ0) is 49.1. The number of ketones is 2. The third kappa shape index (κ3) is 15.6. The number of aliphatic imine (C=N–C) groups is 1. The molecule has 0 aliphatic heterocycles. The first-order chi connectivity index (χ1) is 30.7. The van der Waals surface area contributed by atoms with Crippen molar-refractivity contribution in [2.75, 3.05) is 53.6 Å². The molecule has 0 aliphatic carbocycles. The molecule has 4 aromatic rings. The van der Waals surface area contributed by atoms with Crippen LogP contribution in [0.3, 0.4) is 0 Å². The number of aldehydes is 1. The van der Waals surface area contributed by atoms with Gasteiger partial charge in [-0.2, -0.15) is 0 Å². The highest BCUT2D eigenvalue weighted by atomic mass is 16.5. The Bertz CT molecular complexity index is 2240. The van der Waals surface area contributed by atoms with Gasteiger partial charge in [0.15, 0.2) is 11.6 Å². The van der Waals surface area contributed by atoms with Crippen molar-refractivity contribution in [1.29, 1.82) is 0 Å². The summed E-state index contributed by atoms with van der Waals surface area (Å²) in [5, 5.41) is 16.8. The fourth-order valence-corrected chi connectivity index (χ4v) is 7.28. The fourth-order valence-electron chi connectivity index (χ4n) is 7.28. The molecule has 352 valence electrons. The average molecular weight is 895 g/mol. The Hall–Kier alpha value is -6.02. The van der Waals surface area contributed by atoms with Gasteiger partial charge >= 0.3 is 0 Å². The van der Waals surface area contributed by atoms with Crippen LogP contribution in [0.5, 0.6) is 11.5 Å². The number of methoxy groups -OCH3 is 2. The van der Waals surface area contributed by atoms with E-state index < -0.39 is 11.1 Å². The molecule has 4 N–H and O–H groups in total. The van der Waals surface area contributed by atoms with Gasteiger partial charge in [0.25, 0.3) is 11.8 Å². The van der Waals surface area contributed by atoms with E-state index in [1.54, 1.807) is 75.6 Å². The zero-order valence-corrected chi connectivity index (χ0v) is 40.4. The number of nitrogens with two attached hydrogens (primary N) is 1. The van der Waals surface area contributed by atoms with E-state index in [9.17, 15) is 24.0 Å². The second-order valence-corrected chi connectivity index (χ2v) is 16.8. The van der Waals surface area contributed by atoms with Crippen LogP contribution in [-0.2, 0) is 17.6 Å². The van der Waals surface area contributed by atoms with E-state index in [0.29, 0.717) is 59.4 Å². The number of amides is 2. The van der Waals surface area contributed by atoms with E-state index in [2.05, 4.69) is 4.99 Å². The van der Waals surface area contributed by atoms with Gasteiger partial charge in [-0.1, -0.05) is 72.5 Å². The molecule has 0 fully saturated rings. The largest absolute Gasteiger partial charge is 0.496 e. The molecule has 0 saturated carbocycles. The van der Waals surface area contributed by atoms with Crippen LogP contribution in [0.2, 0.25) is 0 Å². The van der Waals surface area contributed by atoms with Gasteiger partial charge in [-0.3, -0.25) is 24.2 Å². The predicted molar refractivity (Wildman–Crippen MR) is 258 cm³/mol. The van der Waals surface area contributed by atoms with Crippen LogP contribution in [0.4, 0.5) is 0 Å². The van der Waals surface area contributed by atoms with Crippen molar-refractivity contribution in [1.82, 2.24) is 9.80 Å². The molecular formula is C52H70N4O9. The lowest BCUT2D eigenvalue weighted by Gasteiger charge is -2.36. The minimum absolute atomic E-state index is 0.0831. The van der Waals surface area contributed by atoms with E-state index in [0.717, 1.165) is 33.4 Å². The molecule has 0 bridgehead atoms. The predicted octanol–water partition coefficient (Wildman–Crippen LogP) is 7.16. The van der Waals surface area contributed by atoms with Crippen LogP contribution in [0, 0.1) is 27.7 Å². The standard InChI is InChI=1S/C26H34N2O4.C24H29NO4.C2H7NO/c1-7-21-22(9-8-10-24(21)32-6)23(30)16-28(26(4,5)17-27-11-12-29)25(31)20-14-18(2)13-19(3)15-20;1-7-19-20(9-8-10-22(19)29-6)21(27)14-25(24(4,5)15-26)23(28)18-12-16(2)11-17(3)13-18;3-1-2-4/h8-10,13-15,17,29H,7,11-12,16H2,1-6H3;8-13,15H,7,14H2,1-6H3;4H,1-3H2. The van der Waals surface area contributed by atoms with Crippen molar-refractivity contribution < 1.29 is 43.7 Å². The topological polar surface area (TPSA) is 189 Å². The van der Waals surface area contributed by atoms with Crippen LogP contribution < -0.4 is 15.2 Å². The molecule has 0 heterocycles. The van der Waals surface area contributed by atoms with Crippen LogP contribution in [0.25, 0.3) is 0 Å².